The van der Waals surface area contributed by atoms with Crippen LogP contribution >= 0.6 is 24.0 Å². The fraction of sp³-hybridized carbons (Fsp3) is 0.0556. The predicted molar refractivity (Wildman–Crippen MR) is 104 cm³/mol. The standard InChI is InChI=1S/C18H13NO5S2/c1-24-12-4-2-3-10(7-12)8-15-16(21)19(18(25)26-15)11-5-6-13(17(22)23)14(20)9-11/h2-9,20H,1H3,(H,22,23)/b15-8-. The Kier molecular flexibility index (Phi) is 4.97. The monoisotopic (exact) mass is 387 g/mol. The van der Waals surface area contributed by atoms with Gasteiger partial charge in [0.25, 0.3) is 5.91 Å². The summed E-state index contributed by atoms with van der Waals surface area (Å²) in [6.07, 6.45) is 1.70. The van der Waals surface area contributed by atoms with Crippen LogP contribution in [0.15, 0.2) is 47.4 Å². The van der Waals surface area contributed by atoms with Gasteiger partial charge in [-0.1, -0.05) is 36.1 Å². The SMILES string of the molecule is COc1cccc(/C=C2\SC(=S)N(c3ccc(C(=O)O)c(O)c3)C2=O)c1. The fourth-order valence-electron chi connectivity index (χ4n) is 2.41. The third-order valence-electron chi connectivity index (χ3n) is 3.66. The lowest BCUT2D eigenvalue weighted by Crippen LogP contribution is -2.27. The fourth-order valence-corrected chi connectivity index (χ4v) is 3.71. The van der Waals surface area contributed by atoms with Crippen LogP contribution in [0.4, 0.5) is 5.69 Å². The summed E-state index contributed by atoms with van der Waals surface area (Å²) in [5.74, 6) is -1.35. The van der Waals surface area contributed by atoms with E-state index >= 15 is 0 Å². The molecule has 2 aromatic carbocycles. The molecule has 0 unspecified atom stereocenters. The average Bonchev–Trinajstić information content (AvgIpc) is 2.88. The Bertz CT molecular complexity index is 954. The number of phenols is 1. The second-order valence-electron chi connectivity index (χ2n) is 5.30. The number of methoxy groups -OCH3 is 1. The van der Waals surface area contributed by atoms with Crippen LogP contribution in [0, 0.1) is 0 Å². The van der Waals surface area contributed by atoms with Gasteiger partial charge in [0, 0.05) is 6.07 Å². The van der Waals surface area contributed by atoms with Crippen molar-refractivity contribution in [2.75, 3.05) is 12.0 Å². The molecule has 0 bridgehead atoms. The Balaban J connectivity index is 1.93. The highest BCUT2D eigenvalue weighted by atomic mass is 32.2. The Morgan fingerprint density at radius 3 is 2.69 bits per heavy atom. The number of aromatic carboxylic acids is 1. The molecule has 0 aromatic heterocycles. The molecule has 6 nitrogen and oxygen atoms in total. The number of hydrogen-bond acceptors (Lipinski definition) is 6. The first kappa shape index (κ1) is 18.0. The van der Waals surface area contributed by atoms with E-state index in [1.54, 1.807) is 25.3 Å². The quantitative estimate of drug-likeness (QED) is 0.613. The molecule has 2 aromatic rings. The van der Waals surface area contributed by atoms with Gasteiger partial charge >= 0.3 is 5.97 Å². The normalized spacial score (nSPS) is 15.6. The highest BCUT2D eigenvalue weighted by Gasteiger charge is 2.33. The second kappa shape index (κ2) is 7.19. The van der Waals surface area contributed by atoms with Crippen molar-refractivity contribution < 1.29 is 24.5 Å². The van der Waals surface area contributed by atoms with Crippen molar-refractivity contribution in [2.24, 2.45) is 0 Å². The van der Waals surface area contributed by atoms with Crippen LogP contribution < -0.4 is 9.64 Å². The van der Waals surface area contributed by atoms with Gasteiger partial charge in [0.15, 0.2) is 4.32 Å². The minimum atomic E-state index is -1.25. The molecule has 1 fully saturated rings. The van der Waals surface area contributed by atoms with E-state index in [1.807, 2.05) is 12.1 Å². The lowest BCUT2D eigenvalue weighted by molar-refractivity contribution is -0.113. The number of aromatic hydroxyl groups is 1. The molecular weight excluding hydrogens is 374 g/mol. The number of nitrogens with zero attached hydrogens (tertiary/aromatic N) is 1. The van der Waals surface area contributed by atoms with Crippen molar-refractivity contribution in [2.45, 2.75) is 0 Å². The molecule has 132 valence electrons. The maximum Gasteiger partial charge on any atom is 0.339 e. The van der Waals surface area contributed by atoms with Gasteiger partial charge in [-0.15, -0.1) is 0 Å². The van der Waals surface area contributed by atoms with Gasteiger partial charge in [-0.05, 0) is 35.9 Å². The van der Waals surface area contributed by atoms with Crippen LogP contribution in [0.3, 0.4) is 0 Å². The number of hydrogen-bond donors (Lipinski definition) is 2. The lowest BCUT2D eigenvalue weighted by Gasteiger charge is -2.15. The van der Waals surface area contributed by atoms with E-state index in [-0.39, 0.29) is 11.5 Å². The van der Waals surface area contributed by atoms with Crippen LogP contribution in [0.2, 0.25) is 0 Å². The highest BCUT2D eigenvalue weighted by Crippen LogP contribution is 2.37. The Labute approximate surface area is 158 Å². The van der Waals surface area contributed by atoms with E-state index in [0.29, 0.717) is 20.7 Å². The minimum absolute atomic E-state index is 0.244. The van der Waals surface area contributed by atoms with Crippen LogP contribution in [0.1, 0.15) is 15.9 Å². The second-order valence-corrected chi connectivity index (χ2v) is 6.98. The molecule has 0 aliphatic carbocycles. The van der Waals surface area contributed by atoms with Gasteiger partial charge in [0.05, 0.1) is 17.7 Å². The summed E-state index contributed by atoms with van der Waals surface area (Å²) in [5.41, 5.74) is 0.851. The summed E-state index contributed by atoms with van der Waals surface area (Å²) in [7, 11) is 1.56. The minimum Gasteiger partial charge on any atom is -0.507 e. The molecule has 2 N–H and O–H groups in total. The third-order valence-corrected chi connectivity index (χ3v) is 4.96. The molecule has 1 amide bonds. The maximum absolute atomic E-state index is 12.7. The zero-order valence-corrected chi connectivity index (χ0v) is 15.1. The molecule has 1 aliphatic heterocycles. The van der Waals surface area contributed by atoms with Crippen LogP contribution in [-0.2, 0) is 4.79 Å². The number of ether oxygens (including phenoxy) is 1. The molecular formula is C18H13NO5S2. The number of carbonyl (C=O) groups is 2. The molecule has 26 heavy (non-hydrogen) atoms. The van der Waals surface area contributed by atoms with E-state index < -0.39 is 11.7 Å². The Hall–Kier alpha value is -2.84. The van der Waals surface area contributed by atoms with Crippen molar-refractivity contribution in [3.63, 3.8) is 0 Å². The number of benzene rings is 2. The summed E-state index contributed by atoms with van der Waals surface area (Å²) < 4.78 is 5.47. The molecule has 0 saturated carbocycles. The molecule has 1 aliphatic rings. The molecule has 8 heteroatoms. The number of anilines is 1. The van der Waals surface area contributed by atoms with E-state index in [2.05, 4.69) is 0 Å². The van der Waals surface area contributed by atoms with Gasteiger partial charge in [0.2, 0.25) is 0 Å². The largest absolute Gasteiger partial charge is 0.507 e. The van der Waals surface area contributed by atoms with E-state index in [9.17, 15) is 14.7 Å². The zero-order valence-electron chi connectivity index (χ0n) is 13.5. The predicted octanol–water partition coefficient (Wildman–Crippen LogP) is 3.50. The maximum atomic E-state index is 12.7. The summed E-state index contributed by atoms with van der Waals surface area (Å²) in [4.78, 5) is 25.4. The van der Waals surface area contributed by atoms with Crippen LogP contribution in [0.25, 0.3) is 6.08 Å². The van der Waals surface area contributed by atoms with Gasteiger partial charge in [-0.2, -0.15) is 0 Å². The third kappa shape index (κ3) is 3.42. The van der Waals surface area contributed by atoms with Crippen molar-refractivity contribution in [3.05, 3.63) is 58.5 Å². The number of thiocarbonyl (C=S) groups is 1. The van der Waals surface area contributed by atoms with E-state index in [4.69, 9.17) is 22.1 Å². The Morgan fingerprint density at radius 2 is 2.04 bits per heavy atom. The number of rotatable bonds is 4. The van der Waals surface area contributed by atoms with Gasteiger partial charge in [0.1, 0.15) is 17.1 Å². The molecule has 1 heterocycles. The highest BCUT2D eigenvalue weighted by molar-refractivity contribution is 8.27. The van der Waals surface area contributed by atoms with Gasteiger partial charge in [-0.3, -0.25) is 9.69 Å². The number of thioether (sulfide) groups is 1. The van der Waals surface area contributed by atoms with Crippen LogP contribution in [-0.4, -0.2) is 33.5 Å². The van der Waals surface area contributed by atoms with Crippen molar-refractivity contribution in [3.8, 4) is 11.5 Å². The summed E-state index contributed by atoms with van der Waals surface area (Å²) in [6, 6.07) is 11.1. The smallest absolute Gasteiger partial charge is 0.339 e. The molecule has 0 spiro atoms. The van der Waals surface area contributed by atoms with Gasteiger partial charge in [-0.25, -0.2) is 4.79 Å². The summed E-state index contributed by atoms with van der Waals surface area (Å²) >= 11 is 6.41. The topological polar surface area (TPSA) is 87.1 Å². The molecule has 0 atom stereocenters. The number of carbonyl (C=O) groups excluding carboxylic acids is 1. The van der Waals surface area contributed by atoms with Crippen LogP contribution in [0.5, 0.6) is 11.5 Å². The van der Waals surface area contributed by atoms with Crippen molar-refractivity contribution >= 4 is 51.9 Å². The molecule has 3 rings (SSSR count). The van der Waals surface area contributed by atoms with E-state index in [1.165, 1.54) is 23.1 Å². The Morgan fingerprint density at radius 1 is 1.27 bits per heavy atom. The summed E-state index contributed by atoms with van der Waals surface area (Å²) in [6.45, 7) is 0. The first-order chi connectivity index (χ1) is 12.4. The average molecular weight is 387 g/mol. The lowest BCUT2D eigenvalue weighted by atomic mass is 10.1. The summed E-state index contributed by atoms with van der Waals surface area (Å²) in [5, 5.41) is 18.8. The zero-order chi connectivity index (χ0) is 18.8. The van der Waals surface area contributed by atoms with Crippen molar-refractivity contribution in [1.29, 1.82) is 0 Å². The van der Waals surface area contributed by atoms with Crippen molar-refractivity contribution in [1.82, 2.24) is 0 Å². The number of carboxylic acids is 1. The van der Waals surface area contributed by atoms with E-state index in [0.717, 1.165) is 17.3 Å². The molecule has 1 saturated heterocycles. The number of amides is 1. The van der Waals surface area contributed by atoms with Gasteiger partial charge < -0.3 is 14.9 Å². The number of carboxylic acid groups (broad SMARTS) is 1. The first-order valence-electron chi connectivity index (χ1n) is 7.39. The first-order valence-corrected chi connectivity index (χ1v) is 8.61. The molecule has 0 radical (unpaired) electrons.